The lowest BCUT2D eigenvalue weighted by molar-refractivity contribution is 0.0536. The minimum Gasteiger partial charge on any atom is -0.474 e. The molecule has 0 amide bonds. The number of rotatable bonds is 10. The van der Waals surface area contributed by atoms with E-state index >= 15 is 0 Å². The quantitative estimate of drug-likeness (QED) is 0.619. The summed E-state index contributed by atoms with van der Waals surface area (Å²) in [5.74, 6) is 0.519. The Labute approximate surface area is 108 Å². The number of hydrogen-bond acceptors (Lipinski definition) is 6. The highest BCUT2D eigenvalue weighted by molar-refractivity contribution is 5.06. The molecule has 102 valence electrons. The Morgan fingerprint density at radius 1 is 1.11 bits per heavy atom. The monoisotopic (exact) mass is 255 g/mol. The topological polar surface area (TPSA) is 65.5 Å². The van der Waals surface area contributed by atoms with Crippen LogP contribution in [0.4, 0.5) is 0 Å². The number of ether oxygens (including phenoxy) is 3. The number of aromatic nitrogens is 2. The van der Waals surface area contributed by atoms with E-state index in [1.165, 1.54) is 0 Å². The summed E-state index contributed by atoms with van der Waals surface area (Å²) < 4.78 is 15.5. The van der Waals surface area contributed by atoms with E-state index in [-0.39, 0.29) is 0 Å². The molecule has 0 saturated heterocycles. The molecule has 6 nitrogen and oxygen atoms in total. The van der Waals surface area contributed by atoms with E-state index in [1.807, 2.05) is 0 Å². The molecule has 1 rings (SSSR count). The van der Waals surface area contributed by atoms with Crippen LogP contribution in [0, 0.1) is 0 Å². The van der Waals surface area contributed by atoms with Crippen LogP contribution in [0.15, 0.2) is 12.4 Å². The van der Waals surface area contributed by atoms with Gasteiger partial charge in [0.15, 0.2) is 0 Å². The second-order valence-corrected chi connectivity index (χ2v) is 3.58. The summed E-state index contributed by atoms with van der Waals surface area (Å²) in [4.78, 5) is 8.39. The summed E-state index contributed by atoms with van der Waals surface area (Å²) in [5, 5.41) is 3.18. The maximum atomic E-state index is 5.39. The van der Waals surface area contributed by atoms with Crippen molar-refractivity contribution in [2.45, 2.75) is 13.5 Å². The predicted molar refractivity (Wildman–Crippen MR) is 67.6 cm³/mol. The molecular weight excluding hydrogens is 234 g/mol. The van der Waals surface area contributed by atoms with Crippen molar-refractivity contribution >= 4 is 0 Å². The van der Waals surface area contributed by atoms with Crippen molar-refractivity contribution < 1.29 is 14.2 Å². The standard InChI is InChI=1S/C12H21N3O3/c1-3-13-8-11-9-15-12(10-14-11)18-7-6-17-5-4-16-2/h9-10,13H,3-8H2,1-2H3. The molecule has 0 spiro atoms. The molecule has 0 aliphatic rings. The Morgan fingerprint density at radius 3 is 2.61 bits per heavy atom. The van der Waals surface area contributed by atoms with Gasteiger partial charge in [0.05, 0.1) is 37.9 Å². The number of nitrogens with zero attached hydrogens (tertiary/aromatic N) is 2. The van der Waals surface area contributed by atoms with Gasteiger partial charge in [-0.05, 0) is 6.54 Å². The lowest BCUT2D eigenvalue weighted by Gasteiger charge is -2.06. The van der Waals surface area contributed by atoms with Gasteiger partial charge in [-0.15, -0.1) is 0 Å². The van der Waals surface area contributed by atoms with Crippen LogP contribution >= 0.6 is 0 Å². The van der Waals surface area contributed by atoms with E-state index in [1.54, 1.807) is 19.5 Å². The summed E-state index contributed by atoms with van der Waals surface area (Å²) in [7, 11) is 1.64. The van der Waals surface area contributed by atoms with Crippen molar-refractivity contribution in [1.82, 2.24) is 15.3 Å². The largest absolute Gasteiger partial charge is 0.474 e. The third-order valence-electron chi connectivity index (χ3n) is 2.15. The van der Waals surface area contributed by atoms with E-state index in [4.69, 9.17) is 14.2 Å². The van der Waals surface area contributed by atoms with Gasteiger partial charge >= 0.3 is 0 Å². The lowest BCUT2D eigenvalue weighted by atomic mass is 10.4. The van der Waals surface area contributed by atoms with Crippen molar-refractivity contribution in [1.29, 1.82) is 0 Å². The summed E-state index contributed by atoms with van der Waals surface area (Å²) >= 11 is 0. The van der Waals surface area contributed by atoms with Crippen LogP contribution in [-0.4, -0.2) is 50.1 Å². The fourth-order valence-electron chi connectivity index (χ4n) is 1.21. The fraction of sp³-hybridized carbons (Fsp3) is 0.667. The van der Waals surface area contributed by atoms with E-state index in [0.29, 0.717) is 32.3 Å². The molecule has 0 radical (unpaired) electrons. The first kappa shape index (κ1) is 14.8. The van der Waals surface area contributed by atoms with Gasteiger partial charge in [0.2, 0.25) is 5.88 Å². The van der Waals surface area contributed by atoms with Crippen LogP contribution < -0.4 is 10.1 Å². The third kappa shape index (κ3) is 6.48. The SMILES string of the molecule is CCNCc1cnc(OCCOCCOC)cn1. The van der Waals surface area contributed by atoms with Gasteiger partial charge < -0.3 is 19.5 Å². The highest BCUT2D eigenvalue weighted by Gasteiger charge is 1.98. The summed E-state index contributed by atoms with van der Waals surface area (Å²) in [6.07, 6.45) is 3.34. The molecule has 0 aliphatic heterocycles. The van der Waals surface area contributed by atoms with Gasteiger partial charge in [-0.25, -0.2) is 4.98 Å². The second-order valence-electron chi connectivity index (χ2n) is 3.58. The molecule has 0 bridgehead atoms. The highest BCUT2D eigenvalue weighted by Crippen LogP contribution is 2.03. The van der Waals surface area contributed by atoms with Gasteiger partial charge in [-0.1, -0.05) is 6.92 Å². The molecular formula is C12H21N3O3. The average molecular weight is 255 g/mol. The minimum atomic E-state index is 0.463. The van der Waals surface area contributed by atoms with Crippen molar-refractivity contribution in [2.75, 3.05) is 40.1 Å². The third-order valence-corrected chi connectivity index (χ3v) is 2.15. The van der Waals surface area contributed by atoms with Crippen LogP contribution in [0.5, 0.6) is 5.88 Å². The number of nitrogens with one attached hydrogen (secondary N) is 1. The van der Waals surface area contributed by atoms with Crippen molar-refractivity contribution in [3.05, 3.63) is 18.1 Å². The molecule has 6 heteroatoms. The number of methoxy groups -OCH3 is 1. The highest BCUT2D eigenvalue weighted by atomic mass is 16.5. The Kier molecular flexibility index (Phi) is 8.03. The van der Waals surface area contributed by atoms with Gasteiger partial charge in [-0.2, -0.15) is 0 Å². The Morgan fingerprint density at radius 2 is 1.94 bits per heavy atom. The Balaban J connectivity index is 2.14. The summed E-state index contributed by atoms with van der Waals surface area (Å²) in [6, 6.07) is 0. The van der Waals surface area contributed by atoms with Gasteiger partial charge in [0.25, 0.3) is 0 Å². The molecule has 18 heavy (non-hydrogen) atoms. The van der Waals surface area contributed by atoms with Crippen LogP contribution in [-0.2, 0) is 16.0 Å². The normalized spacial score (nSPS) is 10.6. The fourth-order valence-corrected chi connectivity index (χ4v) is 1.21. The van der Waals surface area contributed by atoms with Crippen molar-refractivity contribution in [3.8, 4) is 5.88 Å². The predicted octanol–water partition coefficient (Wildman–Crippen LogP) is 0.628. The Bertz CT molecular complexity index is 306. The molecule has 1 aromatic heterocycles. The molecule has 0 saturated carbocycles. The van der Waals surface area contributed by atoms with Gasteiger partial charge in [0, 0.05) is 13.7 Å². The second kappa shape index (κ2) is 9.76. The molecule has 0 fully saturated rings. The lowest BCUT2D eigenvalue weighted by Crippen LogP contribution is -2.14. The van der Waals surface area contributed by atoms with Crippen molar-refractivity contribution in [2.24, 2.45) is 0 Å². The molecule has 0 unspecified atom stereocenters. The molecule has 0 aromatic carbocycles. The molecule has 0 atom stereocenters. The van der Waals surface area contributed by atoms with Crippen LogP contribution in [0.1, 0.15) is 12.6 Å². The smallest absolute Gasteiger partial charge is 0.232 e. The summed E-state index contributed by atoms with van der Waals surface area (Å²) in [5.41, 5.74) is 0.903. The van der Waals surface area contributed by atoms with Crippen LogP contribution in [0.2, 0.25) is 0 Å². The molecule has 1 heterocycles. The first-order chi connectivity index (χ1) is 8.86. The van der Waals surface area contributed by atoms with Crippen LogP contribution in [0.3, 0.4) is 0 Å². The van der Waals surface area contributed by atoms with E-state index < -0.39 is 0 Å². The first-order valence-electron chi connectivity index (χ1n) is 6.08. The zero-order valence-corrected chi connectivity index (χ0v) is 11.0. The number of hydrogen-bond donors (Lipinski definition) is 1. The molecule has 0 aliphatic carbocycles. The minimum absolute atomic E-state index is 0.463. The maximum Gasteiger partial charge on any atom is 0.232 e. The zero-order valence-electron chi connectivity index (χ0n) is 11.0. The molecule has 1 aromatic rings. The van der Waals surface area contributed by atoms with E-state index in [9.17, 15) is 0 Å². The first-order valence-corrected chi connectivity index (χ1v) is 6.08. The summed E-state index contributed by atoms with van der Waals surface area (Å²) in [6.45, 7) is 5.85. The Hall–Kier alpha value is -1.24. The van der Waals surface area contributed by atoms with E-state index in [0.717, 1.165) is 18.8 Å². The maximum absolute atomic E-state index is 5.39. The average Bonchev–Trinajstić information content (AvgIpc) is 2.42. The zero-order chi connectivity index (χ0) is 13.1. The van der Waals surface area contributed by atoms with Gasteiger partial charge in [0.1, 0.15) is 6.61 Å². The van der Waals surface area contributed by atoms with Gasteiger partial charge in [-0.3, -0.25) is 4.98 Å². The molecule has 1 N–H and O–H groups in total. The van der Waals surface area contributed by atoms with E-state index in [2.05, 4.69) is 22.2 Å². The van der Waals surface area contributed by atoms with Crippen LogP contribution in [0.25, 0.3) is 0 Å². The van der Waals surface area contributed by atoms with Crippen molar-refractivity contribution in [3.63, 3.8) is 0 Å².